The van der Waals surface area contributed by atoms with Gasteiger partial charge in [0.25, 0.3) is 5.91 Å². The lowest BCUT2D eigenvalue weighted by atomic mass is 9.95. The van der Waals surface area contributed by atoms with Crippen molar-refractivity contribution < 1.29 is 18.7 Å². The number of carbonyl (C=O) groups excluding carboxylic acids is 2. The molecule has 0 spiro atoms. The second kappa shape index (κ2) is 8.02. The van der Waals surface area contributed by atoms with Crippen LogP contribution in [-0.2, 0) is 14.3 Å². The van der Waals surface area contributed by atoms with Gasteiger partial charge in [-0.1, -0.05) is 12.2 Å². The lowest BCUT2D eigenvalue weighted by Gasteiger charge is -2.15. The third-order valence-corrected chi connectivity index (χ3v) is 4.60. The molecule has 1 amide bonds. The SMILES string of the molecule is O=C(COC(=O)[C@H]1CC=CCC1)Nc1nc(-c2ccc(F)cc2)cs1. The van der Waals surface area contributed by atoms with Crippen LogP contribution in [0.5, 0.6) is 0 Å². The minimum atomic E-state index is -0.431. The molecule has 7 heteroatoms. The Bertz CT molecular complexity index is 786. The topological polar surface area (TPSA) is 68.3 Å². The summed E-state index contributed by atoms with van der Waals surface area (Å²) in [5.41, 5.74) is 1.40. The van der Waals surface area contributed by atoms with Crippen LogP contribution in [0.25, 0.3) is 11.3 Å². The standard InChI is InChI=1S/C18H17FN2O3S/c19-14-8-6-12(7-9-14)15-11-25-18(20-15)21-16(22)10-24-17(23)13-4-2-1-3-5-13/h1-2,6-9,11,13H,3-5,10H2,(H,20,21,22)/t13-/m0/s1. The largest absolute Gasteiger partial charge is 0.455 e. The summed E-state index contributed by atoms with van der Waals surface area (Å²) >= 11 is 1.25. The van der Waals surface area contributed by atoms with Crippen molar-refractivity contribution in [3.8, 4) is 11.3 Å². The van der Waals surface area contributed by atoms with Gasteiger partial charge < -0.3 is 4.74 Å². The van der Waals surface area contributed by atoms with Gasteiger partial charge in [-0.3, -0.25) is 14.9 Å². The average molecular weight is 360 g/mol. The molecular weight excluding hydrogens is 343 g/mol. The molecular formula is C18H17FN2O3S. The van der Waals surface area contributed by atoms with E-state index in [1.54, 1.807) is 17.5 Å². The third-order valence-electron chi connectivity index (χ3n) is 3.84. The van der Waals surface area contributed by atoms with Crippen molar-refractivity contribution in [3.63, 3.8) is 0 Å². The van der Waals surface area contributed by atoms with Gasteiger partial charge in [0.1, 0.15) is 5.82 Å². The number of carbonyl (C=O) groups is 2. The van der Waals surface area contributed by atoms with Gasteiger partial charge in [0, 0.05) is 10.9 Å². The molecule has 5 nitrogen and oxygen atoms in total. The number of hydrogen-bond donors (Lipinski definition) is 1. The molecule has 1 aromatic carbocycles. The minimum Gasteiger partial charge on any atom is -0.455 e. The predicted molar refractivity (Wildman–Crippen MR) is 93.6 cm³/mol. The maximum Gasteiger partial charge on any atom is 0.309 e. The molecule has 25 heavy (non-hydrogen) atoms. The second-order valence-corrected chi connectivity index (χ2v) is 6.54. The summed E-state index contributed by atoms with van der Waals surface area (Å²) in [6.07, 6.45) is 6.27. The quantitative estimate of drug-likeness (QED) is 0.651. The molecule has 0 fully saturated rings. The Balaban J connectivity index is 1.50. The zero-order chi connectivity index (χ0) is 17.6. The molecule has 1 aromatic heterocycles. The van der Waals surface area contributed by atoms with Gasteiger partial charge in [-0.05, 0) is 43.5 Å². The van der Waals surface area contributed by atoms with Crippen LogP contribution in [0.2, 0.25) is 0 Å². The predicted octanol–water partition coefficient (Wildman–Crippen LogP) is 3.79. The minimum absolute atomic E-state index is 0.164. The van der Waals surface area contributed by atoms with Crippen molar-refractivity contribution in [2.45, 2.75) is 19.3 Å². The van der Waals surface area contributed by atoms with Crippen LogP contribution in [-0.4, -0.2) is 23.5 Å². The zero-order valence-corrected chi connectivity index (χ0v) is 14.2. The number of thiazole rings is 1. The van der Waals surface area contributed by atoms with Gasteiger partial charge >= 0.3 is 5.97 Å². The highest BCUT2D eigenvalue weighted by molar-refractivity contribution is 7.14. The molecule has 0 aliphatic heterocycles. The Kier molecular flexibility index (Phi) is 5.55. The number of benzene rings is 1. The fraction of sp³-hybridized carbons (Fsp3) is 0.278. The van der Waals surface area contributed by atoms with E-state index in [-0.39, 0.29) is 24.3 Å². The first-order valence-electron chi connectivity index (χ1n) is 7.95. The van der Waals surface area contributed by atoms with Crippen molar-refractivity contribution >= 4 is 28.3 Å². The molecule has 3 rings (SSSR count). The maximum absolute atomic E-state index is 12.9. The Morgan fingerprint density at radius 3 is 2.80 bits per heavy atom. The normalized spacial score (nSPS) is 16.4. The summed E-state index contributed by atoms with van der Waals surface area (Å²) in [4.78, 5) is 28.1. The van der Waals surface area contributed by atoms with Crippen LogP contribution >= 0.6 is 11.3 Å². The van der Waals surface area contributed by atoms with E-state index in [1.807, 2.05) is 12.2 Å². The fourth-order valence-electron chi connectivity index (χ4n) is 2.50. The highest BCUT2D eigenvalue weighted by Crippen LogP contribution is 2.25. The Hall–Kier alpha value is -2.54. The number of rotatable bonds is 5. The van der Waals surface area contributed by atoms with Gasteiger partial charge in [-0.2, -0.15) is 0 Å². The van der Waals surface area contributed by atoms with E-state index in [4.69, 9.17) is 4.74 Å². The smallest absolute Gasteiger partial charge is 0.309 e. The number of nitrogens with zero attached hydrogens (tertiary/aromatic N) is 1. The Labute approximate surface area is 148 Å². The third kappa shape index (κ3) is 4.73. The van der Waals surface area contributed by atoms with Gasteiger partial charge in [0.15, 0.2) is 11.7 Å². The molecule has 1 N–H and O–H groups in total. The molecule has 1 heterocycles. The molecule has 1 aliphatic carbocycles. The molecule has 0 saturated carbocycles. The lowest BCUT2D eigenvalue weighted by Crippen LogP contribution is -2.25. The number of aromatic nitrogens is 1. The van der Waals surface area contributed by atoms with E-state index in [0.717, 1.165) is 18.4 Å². The van der Waals surface area contributed by atoms with E-state index in [1.165, 1.54) is 23.5 Å². The summed E-state index contributed by atoms with van der Waals surface area (Å²) in [6, 6.07) is 5.95. The summed E-state index contributed by atoms with van der Waals surface area (Å²) in [7, 11) is 0. The maximum atomic E-state index is 12.9. The van der Waals surface area contributed by atoms with Crippen molar-refractivity contribution in [2.24, 2.45) is 5.92 Å². The first kappa shape index (κ1) is 17.3. The van der Waals surface area contributed by atoms with Crippen molar-refractivity contribution in [2.75, 3.05) is 11.9 Å². The van der Waals surface area contributed by atoms with Crippen LogP contribution in [0.1, 0.15) is 19.3 Å². The van der Waals surface area contributed by atoms with Crippen molar-refractivity contribution in [1.29, 1.82) is 0 Å². The number of esters is 1. The monoisotopic (exact) mass is 360 g/mol. The summed E-state index contributed by atoms with van der Waals surface area (Å²) in [5.74, 6) is -1.25. The number of hydrogen-bond acceptors (Lipinski definition) is 5. The van der Waals surface area contributed by atoms with Gasteiger partial charge in [0.05, 0.1) is 11.6 Å². The van der Waals surface area contributed by atoms with E-state index < -0.39 is 5.91 Å². The van der Waals surface area contributed by atoms with Crippen LogP contribution in [0.3, 0.4) is 0 Å². The van der Waals surface area contributed by atoms with Crippen LogP contribution < -0.4 is 5.32 Å². The number of anilines is 1. The van der Waals surface area contributed by atoms with Gasteiger partial charge in [0.2, 0.25) is 0 Å². The Morgan fingerprint density at radius 2 is 2.08 bits per heavy atom. The summed E-state index contributed by atoms with van der Waals surface area (Å²) in [5, 5.41) is 4.78. The molecule has 0 radical (unpaired) electrons. The number of halogens is 1. The van der Waals surface area contributed by atoms with Crippen molar-refractivity contribution in [3.05, 3.63) is 47.6 Å². The molecule has 1 atom stereocenters. The van der Waals surface area contributed by atoms with E-state index in [2.05, 4.69) is 10.3 Å². The number of allylic oxidation sites excluding steroid dienone is 2. The second-order valence-electron chi connectivity index (χ2n) is 5.68. The first-order chi connectivity index (χ1) is 12.1. The molecule has 0 unspecified atom stereocenters. The van der Waals surface area contributed by atoms with E-state index in [0.29, 0.717) is 17.2 Å². The van der Waals surface area contributed by atoms with E-state index in [9.17, 15) is 14.0 Å². The van der Waals surface area contributed by atoms with Gasteiger partial charge in [-0.15, -0.1) is 11.3 Å². The number of amides is 1. The number of ether oxygens (including phenoxy) is 1. The zero-order valence-electron chi connectivity index (χ0n) is 13.4. The Morgan fingerprint density at radius 1 is 1.28 bits per heavy atom. The van der Waals surface area contributed by atoms with Crippen molar-refractivity contribution in [1.82, 2.24) is 4.98 Å². The first-order valence-corrected chi connectivity index (χ1v) is 8.83. The molecule has 0 saturated heterocycles. The molecule has 130 valence electrons. The lowest BCUT2D eigenvalue weighted by molar-refractivity contribution is -0.151. The summed E-state index contributed by atoms with van der Waals surface area (Å²) in [6.45, 7) is -0.329. The highest BCUT2D eigenvalue weighted by Gasteiger charge is 2.21. The molecule has 0 bridgehead atoms. The molecule has 1 aliphatic rings. The fourth-order valence-corrected chi connectivity index (χ4v) is 3.24. The van der Waals surface area contributed by atoms with E-state index >= 15 is 0 Å². The van der Waals surface area contributed by atoms with Gasteiger partial charge in [-0.25, -0.2) is 9.37 Å². The highest BCUT2D eigenvalue weighted by atomic mass is 32.1. The summed E-state index contributed by atoms with van der Waals surface area (Å²) < 4.78 is 18.0. The van der Waals surface area contributed by atoms with Crippen LogP contribution in [0.4, 0.5) is 9.52 Å². The van der Waals surface area contributed by atoms with Crippen LogP contribution in [0.15, 0.2) is 41.8 Å². The van der Waals surface area contributed by atoms with Crippen LogP contribution in [0, 0.1) is 11.7 Å². The molecule has 2 aromatic rings. The number of nitrogens with one attached hydrogen (secondary N) is 1. The average Bonchev–Trinajstić information content (AvgIpc) is 3.09.